The first kappa shape index (κ1) is 21.4. The van der Waals surface area contributed by atoms with Crippen LogP contribution in [0, 0.1) is 0 Å². The summed E-state index contributed by atoms with van der Waals surface area (Å²) < 4.78 is 11.6. The second-order valence-corrected chi connectivity index (χ2v) is 10.5. The Morgan fingerprint density at radius 2 is 1.14 bits per heavy atom. The summed E-state index contributed by atoms with van der Waals surface area (Å²) in [6.07, 6.45) is 2.28. The zero-order valence-corrected chi connectivity index (χ0v) is 19.0. The molecule has 0 N–H and O–H groups in total. The van der Waals surface area contributed by atoms with Gasteiger partial charge in [-0.05, 0) is 36.4 Å². The van der Waals surface area contributed by atoms with Crippen LogP contribution in [0.4, 0.5) is 0 Å². The lowest BCUT2D eigenvalue weighted by Gasteiger charge is -2.30. The van der Waals surface area contributed by atoms with E-state index in [1.54, 1.807) is 0 Å². The lowest BCUT2D eigenvalue weighted by molar-refractivity contribution is -0.0884. The number of hydrogen-bond donors (Lipinski definition) is 0. The van der Waals surface area contributed by atoms with E-state index in [0.717, 1.165) is 12.6 Å². The van der Waals surface area contributed by atoms with Gasteiger partial charge in [0.15, 0.2) is 0 Å². The molecule has 0 bridgehead atoms. The van der Waals surface area contributed by atoms with Crippen molar-refractivity contribution in [3.63, 3.8) is 0 Å². The quantitative estimate of drug-likeness (QED) is 0.366. The van der Waals surface area contributed by atoms with Crippen molar-refractivity contribution in [3.8, 4) is 0 Å². The van der Waals surface area contributed by atoms with Crippen molar-refractivity contribution < 1.29 is 33.5 Å². The average Bonchev–Trinajstić information content (AvgIpc) is 2.77. The van der Waals surface area contributed by atoms with Crippen molar-refractivity contribution in [3.05, 3.63) is 91.0 Å². The molecule has 0 spiro atoms. The maximum absolute atomic E-state index is 5.97. The predicted molar refractivity (Wildman–Crippen MR) is 115 cm³/mol. The van der Waals surface area contributed by atoms with Crippen LogP contribution in [0.3, 0.4) is 0 Å². The fourth-order valence-corrected chi connectivity index (χ4v) is 8.31. The van der Waals surface area contributed by atoms with Gasteiger partial charge in [0.05, 0.1) is 32.1 Å². The van der Waals surface area contributed by atoms with Gasteiger partial charge in [0.25, 0.3) is 0 Å². The highest BCUT2D eigenvalue weighted by Crippen LogP contribution is 2.56. The molecule has 1 aliphatic heterocycles. The van der Waals surface area contributed by atoms with Crippen molar-refractivity contribution >= 4 is 23.2 Å². The van der Waals surface area contributed by atoms with Crippen molar-refractivity contribution in [1.82, 2.24) is 0 Å². The van der Waals surface area contributed by atoms with Gasteiger partial charge in [0, 0.05) is 6.42 Å². The predicted octanol–water partition coefficient (Wildman–Crippen LogP) is 0.790. The maximum atomic E-state index is 5.97. The smallest absolute Gasteiger partial charge is 0.112 e. The Morgan fingerprint density at radius 3 is 1.54 bits per heavy atom. The summed E-state index contributed by atoms with van der Waals surface area (Å²) in [5.74, 6) is 0. The summed E-state index contributed by atoms with van der Waals surface area (Å²) in [5, 5.41) is 4.29. The van der Waals surface area contributed by atoms with Gasteiger partial charge in [-0.3, -0.25) is 0 Å². The molecule has 3 aromatic carbocycles. The van der Waals surface area contributed by atoms with Crippen molar-refractivity contribution in [2.75, 3.05) is 26.0 Å². The van der Waals surface area contributed by atoms with E-state index in [0.29, 0.717) is 19.8 Å². The van der Waals surface area contributed by atoms with Crippen LogP contribution in [0.15, 0.2) is 91.0 Å². The highest BCUT2D eigenvalue weighted by molar-refractivity contribution is 7.95. The minimum Gasteiger partial charge on any atom is -1.00 e. The first-order valence-corrected chi connectivity index (χ1v) is 11.6. The summed E-state index contributed by atoms with van der Waals surface area (Å²) >= 11 is 0. The van der Waals surface area contributed by atoms with Gasteiger partial charge >= 0.3 is 0 Å². The highest BCUT2D eigenvalue weighted by Gasteiger charge is 2.45. The third-order valence-electron chi connectivity index (χ3n) is 5.26. The van der Waals surface area contributed by atoms with Crippen LogP contribution < -0.4 is 39.9 Å². The van der Waals surface area contributed by atoms with Gasteiger partial charge in [-0.2, -0.15) is 0 Å². The molecule has 0 amide bonds. The third kappa shape index (κ3) is 4.65. The molecule has 28 heavy (non-hydrogen) atoms. The van der Waals surface area contributed by atoms with E-state index >= 15 is 0 Å². The molecule has 0 aromatic heterocycles. The Kier molecular flexibility index (Phi) is 8.04. The fourth-order valence-electron chi connectivity index (χ4n) is 3.92. The van der Waals surface area contributed by atoms with Crippen molar-refractivity contribution in [2.45, 2.75) is 12.5 Å². The molecule has 2 nitrogen and oxygen atoms in total. The lowest BCUT2D eigenvalue weighted by atomic mass is 10.3. The molecular formula is C24H26IO2P. The minimum atomic E-state index is -1.76. The van der Waals surface area contributed by atoms with Crippen molar-refractivity contribution in [1.29, 1.82) is 0 Å². The van der Waals surface area contributed by atoms with Crippen LogP contribution in [-0.4, -0.2) is 32.1 Å². The van der Waals surface area contributed by atoms with Gasteiger partial charge in [-0.1, -0.05) is 54.6 Å². The molecule has 0 saturated carbocycles. The topological polar surface area (TPSA) is 18.5 Å². The molecule has 0 radical (unpaired) electrons. The normalized spacial score (nSPS) is 16.9. The van der Waals surface area contributed by atoms with E-state index < -0.39 is 7.26 Å². The zero-order valence-electron chi connectivity index (χ0n) is 15.9. The number of halogens is 1. The van der Waals surface area contributed by atoms with Gasteiger partial charge in [-0.15, -0.1) is 0 Å². The molecule has 3 aromatic rings. The van der Waals surface area contributed by atoms with E-state index in [9.17, 15) is 0 Å². The molecule has 1 atom stereocenters. The second kappa shape index (κ2) is 10.5. The molecule has 4 heteroatoms. The largest absolute Gasteiger partial charge is 1.00 e. The second-order valence-electron chi connectivity index (χ2n) is 6.90. The van der Waals surface area contributed by atoms with E-state index in [1.807, 2.05) is 0 Å². The van der Waals surface area contributed by atoms with Crippen LogP contribution >= 0.6 is 7.26 Å². The summed E-state index contributed by atoms with van der Waals surface area (Å²) in [6, 6.07) is 33.1. The van der Waals surface area contributed by atoms with E-state index in [4.69, 9.17) is 9.47 Å². The SMILES string of the molecule is [I-].c1ccc([P+](CCC2COCCO2)(c2ccccc2)c2ccccc2)cc1. The number of hydrogen-bond acceptors (Lipinski definition) is 2. The van der Waals surface area contributed by atoms with Crippen LogP contribution in [0.5, 0.6) is 0 Å². The van der Waals surface area contributed by atoms with Crippen LogP contribution in [0.1, 0.15) is 6.42 Å². The number of benzene rings is 3. The molecule has 1 heterocycles. The molecule has 1 saturated heterocycles. The lowest BCUT2D eigenvalue weighted by Crippen LogP contribution is -3.00. The maximum Gasteiger partial charge on any atom is 0.112 e. The molecular weight excluding hydrogens is 478 g/mol. The Bertz CT molecular complexity index is 724. The van der Waals surface area contributed by atoms with Gasteiger partial charge in [0.2, 0.25) is 0 Å². The molecule has 146 valence electrons. The third-order valence-corrected chi connectivity index (χ3v) is 9.73. The number of rotatable bonds is 6. The first-order valence-electron chi connectivity index (χ1n) is 9.64. The average molecular weight is 504 g/mol. The standard InChI is InChI=1S/C24H26O2P.HI/c1-4-10-22(11-5-1)27(23-12-6-2-7-13-23,24-14-8-3-9-15-24)19-16-21-20-25-17-18-26-21;/h1-15,21H,16-20H2;1H/q+1;/p-1. The van der Waals surface area contributed by atoms with Crippen LogP contribution in [-0.2, 0) is 9.47 Å². The monoisotopic (exact) mass is 504 g/mol. The molecule has 1 aliphatic rings. The van der Waals surface area contributed by atoms with Gasteiger partial charge in [0.1, 0.15) is 23.2 Å². The summed E-state index contributed by atoms with van der Waals surface area (Å²) in [5.41, 5.74) is 0. The van der Waals surface area contributed by atoms with Gasteiger partial charge in [-0.25, -0.2) is 0 Å². The Labute approximate surface area is 185 Å². The molecule has 1 fully saturated rings. The first-order chi connectivity index (χ1) is 13.4. The zero-order chi connectivity index (χ0) is 18.4. The molecule has 4 rings (SSSR count). The van der Waals surface area contributed by atoms with E-state index in [-0.39, 0.29) is 30.1 Å². The Balaban J connectivity index is 0.00000225. The highest BCUT2D eigenvalue weighted by atomic mass is 127. The Morgan fingerprint density at radius 1 is 0.679 bits per heavy atom. The fraction of sp³-hybridized carbons (Fsp3) is 0.250. The Hall–Kier alpha value is -1.26. The van der Waals surface area contributed by atoms with Crippen molar-refractivity contribution in [2.24, 2.45) is 0 Å². The summed E-state index contributed by atoms with van der Waals surface area (Å²) in [6.45, 7) is 2.13. The van der Waals surface area contributed by atoms with Crippen LogP contribution in [0.2, 0.25) is 0 Å². The van der Waals surface area contributed by atoms with E-state index in [2.05, 4.69) is 91.0 Å². The number of ether oxygens (including phenoxy) is 2. The summed E-state index contributed by atoms with van der Waals surface area (Å²) in [7, 11) is -1.76. The van der Waals surface area contributed by atoms with Crippen LogP contribution in [0.25, 0.3) is 0 Å². The van der Waals surface area contributed by atoms with E-state index in [1.165, 1.54) is 15.9 Å². The molecule has 1 unspecified atom stereocenters. The van der Waals surface area contributed by atoms with Gasteiger partial charge < -0.3 is 33.5 Å². The molecule has 0 aliphatic carbocycles. The minimum absolute atomic E-state index is 0. The summed E-state index contributed by atoms with van der Waals surface area (Å²) in [4.78, 5) is 0.